The van der Waals surface area contributed by atoms with Crippen LogP contribution in [0.15, 0.2) is 4.52 Å². The summed E-state index contributed by atoms with van der Waals surface area (Å²) in [5, 5.41) is 15.0. The third kappa shape index (κ3) is 2.76. The normalized spacial score (nSPS) is 15.3. The largest absolute Gasteiger partial charge is 0.481 e. The number of likely N-dealkylation sites (tertiary alicyclic amines) is 1. The molecule has 2 N–H and O–H groups in total. The van der Waals surface area contributed by atoms with Crippen LogP contribution < -0.4 is 5.32 Å². The highest BCUT2D eigenvalue weighted by Crippen LogP contribution is 2.15. The van der Waals surface area contributed by atoms with Gasteiger partial charge >= 0.3 is 12.0 Å². The second-order valence-electron chi connectivity index (χ2n) is 4.15. The Morgan fingerprint density at radius 1 is 1.56 bits per heavy atom. The number of amides is 2. The van der Waals surface area contributed by atoms with Gasteiger partial charge in [0.05, 0.1) is 5.92 Å². The average Bonchev–Trinajstić information content (AvgIpc) is 2.61. The predicted octanol–water partition coefficient (Wildman–Crippen LogP) is -0.353. The fourth-order valence-electron chi connectivity index (χ4n) is 1.64. The van der Waals surface area contributed by atoms with Gasteiger partial charge in [-0.25, -0.2) is 4.79 Å². The summed E-state index contributed by atoms with van der Waals surface area (Å²) in [6.07, 6.45) is 0.485. The summed E-state index contributed by atoms with van der Waals surface area (Å²) in [4.78, 5) is 27.6. The van der Waals surface area contributed by atoms with E-state index < -0.39 is 11.9 Å². The maximum atomic E-state index is 11.5. The van der Waals surface area contributed by atoms with Gasteiger partial charge in [0.1, 0.15) is 0 Å². The SMILES string of the molecule is Cc1nc(CCNC(=O)N2CC(C(=O)O)C2)no1. The van der Waals surface area contributed by atoms with Crippen molar-refractivity contribution in [3.63, 3.8) is 0 Å². The molecule has 0 aromatic carbocycles. The Hall–Kier alpha value is -2.12. The van der Waals surface area contributed by atoms with Crippen LogP contribution in [0.1, 0.15) is 11.7 Å². The molecule has 0 atom stereocenters. The van der Waals surface area contributed by atoms with E-state index in [1.54, 1.807) is 6.92 Å². The lowest BCUT2D eigenvalue weighted by Crippen LogP contribution is -2.56. The molecule has 1 aliphatic rings. The molecule has 2 rings (SSSR count). The molecule has 0 radical (unpaired) electrons. The van der Waals surface area contributed by atoms with Crippen LogP contribution in [0.4, 0.5) is 4.79 Å². The highest BCUT2D eigenvalue weighted by atomic mass is 16.5. The van der Waals surface area contributed by atoms with Crippen LogP contribution in [0.25, 0.3) is 0 Å². The monoisotopic (exact) mass is 254 g/mol. The average molecular weight is 254 g/mol. The predicted molar refractivity (Wildman–Crippen MR) is 58.8 cm³/mol. The third-order valence-electron chi connectivity index (χ3n) is 2.71. The van der Waals surface area contributed by atoms with Crippen LogP contribution in [0.5, 0.6) is 0 Å². The number of nitrogens with zero attached hydrogens (tertiary/aromatic N) is 3. The van der Waals surface area contributed by atoms with Crippen molar-refractivity contribution in [2.45, 2.75) is 13.3 Å². The van der Waals surface area contributed by atoms with E-state index in [2.05, 4.69) is 15.5 Å². The Morgan fingerprint density at radius 2 is 2.28 bits per heavy atom. The lowest BCUT2D eigenvalue weighted by molar-refractivity contribution is -0.146. The number of carboxylic acids is 1. The number of urea groups is 1. The molecule has 0 aliphatic carbocycles. The van der Waals surface area contributed by atoms with Gasteiger partial charge in [-0.15, -0.1) is 0 Å². The molecule has 1 fully saturated rings. The van der Waals surface area contributed by atoms with Crippen molar-refractivity contribution in [1.82, 2.24) is 20.4 Å². The van der Waals surface area contributed by atoms with Crippen LogP contribution >= 0.6 is 0 Å². The van der Waals surface area contributed by atoms with Gasteiger partial charge in [0.25, 0.3) is 0 Å². The zero-order valence-corrected chi connectivity index (χ0v) is 9.92. The van der Waals surface area contributed by atoms with E-state index in [-0.39, 0.29) is 19.1 Å². The molecule has 98 valence electrons. The molecule has 8 heteroatoms. The van der Waals surface area contributed by atoms with Crippen LogP contribution in [0.3, 0.4) is 0 Å². The van der Waals surface area contributed by atoms with E-state index in [0.717, 1.165) is 0 Å². The van der Waals surface area contributed by atoms with E-state index in [9.17, 15) is 9.59 Å². The van der Waals surface area contributed by atoms with Crippen molar-refractivity contribution in [3.8, 4) is 0 Å². The molecule has 1 saturated heterocycles. The maximum Gasteiger partial charge on any atom is 0.317 e. The number of carboxylic acid groups (broad SMARTS) is 1. The van der Waals surface area contributed by atoms with E-state index in [1.807, 2.05) is 0 Å². The van der Waals surface area contributed by atoms with Crippen molar-refractivity contribution in [2.24, 2.45) is 5.92 Å². The molecule has 18 heavy (non-hydrogen) atoms. The van der Waals surface area contributed by atoms with Crippen LogP contribution in [0, 0.1) is 12.8 Å². The molecule has 8 nitrogen and oxygen atoms in total. The van der Waals surface area contributed by atoms with Crippen molar-refractivity contribution in [1.29, 1.82) is 0 Å². The zero-order valence-electron chi connectivity index (χ0n) is 9.92. The van der Waals surface area contributed by atoms with E-state index in [4.69, 9.17) is 9.63 Å². The first-order valence-corrected chi connectivity index (χ1v) is 5.61. The maximum absolute atomic E-state index is 11.5. The first kappa shape index (κ1) is 12.3. The number of carbonyl (C=O) groups excluding carboxylic acids is 1. The Bertz CT molecular complexity index is 452. The molecule has 0 saturated carbocycles. The topological polar surface area (TPSA) is 109 Å². The molecule has 2 amide bonds. The number of hydrogen-bond donors (Lipinski definition) is 2. The summed E-state index contributed by atoms with van der Waals surface area (Å²) < 4.78 is 4.79. The number of aliphatic carboxylic acids is 1. The Kier molecular flexibility index (Phi) is 3.45. The second kappa shape index (κ2) is 5.03. The fourth-order valence-corrected chi connectivity index (χ4v) is 1.64. The minimum atomic E-state index is -0.860. The molecule has 1 aromatic heterocycles. The standard InChI is InChI=1S/C10H14N4O4/c1-6-12-8(13-18-6)2-3-11-10(17)14-4-7(5-14)9(15)16/h7H,2-5H2,1H3,(H,11,17)(H,15,16). The summed E-state index contributed by atoms with van der Waals surface area (Å²) >= 11 is 0. The Balaban J connectivity index is 1.66. The number of rotatable bonds is 4. The molecule has 0 unspecified atom stereocenters. The smallest absolute Gasteiger partial charge is 0.317 e. The van der Waals surface area contributed by atoms with E-state index in [0.29, 0.717) is 24.7 Å². The molecule has 1 aliphatic heterocycles. The fraction of sp³-hybridized carbons (Fsp3) is 0.600. The molecule has 0 bridgehead atoms. The van der Waals surface area contributed by atoms with Gasteiger partial charge in [-0.2, -0.15) is 4.98 Å². The lowest BCUT2D eigenvalue weighted by atomic mass is 10.0. The number of aryl methyl sites for hydroxylation is 1. The Morgan fingerprint density at radius 3 is 2.83 bits per heavy atom. The lowest BCUT2D eigenvalue weighted by Gasteiger charge is -2.36. The minimum Gasteiger partial charge on any atom is -0.481 e. The van der Waals surface area contributed by atoms with E-state index >= 15 is 0 Å². The second-order valence-corrected chi connectivity index (χ2v) is 4.15. The van der Waals surface area contributed by atoms with Gasteiger partial charge in [-0.3, -0.25) is 4.79 Å². The van der Waals surface area contributed by atoms with Gasteiger partial charge < -0.3 is 19.8 Å². The zero-order chi connectivity index (χ0) is 13.1. The number of hydrogen-bond acceptors (Lipinski definition) is 5. The number of aromatic nitrogens is 2. The summed E-state index contributed by atoms with van der Waals surface area (Å²) in [7, 11) is 0. The van der Waals surface area contributed by atoms with Crippen molar-refractivity contribution < 1.29 is 19.2 Å². The van der Waals surface area contributed by atoms with Crippen molar-refractivity contribution in [3.05, 3.63) is 11.7 Å². The van der Waals surface area contributed by atoms with Gasteiger partial charge in [-0.1, -0.05) is 5.16 Å². The number of carbonyl (C=O) groups is 2. The Labute approximate surface area is 103 Å². The van der Waals surface area contributed by atoms with Gasteiger partial charge in [-0.05, 0) is 0 Å². The molecule has 2 heterocycles. The van der Waals surface area contributed by atoms with E-state index in [1.165, 1.54) is 4.90 Å². The van der Waals surface area contributed by atoms with Crippen molar-refractivity contribution in [2.75, 3.05) is 19.6 Å². The van der Waals surface area contributed by atoms with Gasteiger partial charge in [0.2, 0.25) is 5.89 Å². The first-order chi connectivity index (χ1) is 8.56. The molecular formula is C10H14N4O4. The number of nitrogens with one attached hydrogen (secondary N) is 1. The first-order valence-electron chi connectivity index (χ1n) is 5.61. The van der Waals surface area contributed by atoms with Crippen LogP contribution in [0.2, 0.25) is 0 Å². The summed E-state index contributed by atoms with van der Waals surface area (Å²) in [6.45, 7) is 2.62. The minimum absolute atomic E-state index is 0.257. The molecular weight excluding hydrogens is 240 g/mol. The quantitative estimate of drug-likeness (QED) is 0.760. The van der Waals surface area contributed by atoms with Crippen molar-refractivity contribution >= 4 is 12.0 Å². The highest BCUT2D eigenvalue weighted by Gasteiger charge is 2.35. The van der Waals surface area contributed by atoms with Crippen LogP contribution in [-0.4, -0.2) is 51.8 Å². The summed E-state index contributed by atoms with van der Waals surface area (Å²) in [6, 6.07) is -0.257. The van der Waals surface area contributed by atoms with Crippen LogP contribution in [-0.2, 0) is 11.2 Å². The summed E-state index contributed by atoms with van der Waals surface area (Å²) in [5.74, 6) is -0.264. The molecule has 0 spiro atoms. The molecule has 1 aromatic rings. The summed E-state index contributed by atoms with van der Waals surface area (Å²) in [5.41, 5.74) is 0. The van der Waals surface area contributed by atoms with Gasteiger partial charge in [0, 0.05) is 33.0 Å². The highest BCUT2D eigenvalue weighted by molar-refractivity contribution is 5.79. The van der Waals surface area contributed by atoms with Gasteiger partial charge in [0.15, 0.2) is 5.82 Å². The third-order valence-corrected chi connectivity index (χ3v) is 2.71.